The second kappa shape index (κ2) is 12.7. The minimum atomic E-state index is -1.83. The maximum atomic E-state index is 12.3. The number of hydrogen-bond donors (Lipinski definition) is 2. The van der Waals surface area contributed by atoms with Crippen LogP contribution in [0.5, 0.6) is 5.75 Å². The van der Waals surface area contributed by atoms with Crippen LogP contribution in [0, 0.1) is 5.92 Å². The molecule has 0 radical (unpaired) electrons. The predicted molar refractivity (Wildman–Crippen MR) is 170 cm³/mol. The molecule has 2 aliphatic heterocycles. The van der Waals surface area contributed by atoms with Gasteiger partial charge in [0.25, 0.3) is 0 Å². The molecule has 7 rings (SSSR count). The van der Waals surface area contributed by atoms with Gasteiger partial charge in [0.05, 0.1) is 12.7 Å². The van der Waals surface area contributed by atoms with Gasteiger partial charge in [0.1, 0.15) is 17.8 Å². The van der Waals surface area contributed by atoms with Gasteiger partial charge in [0.15, 0.2) is 0 Å². The molecule has 44 heavy (non-hydrogen) atoms. The maximum absolute atomic E-state index is 12.3. The van der Waals surface area contributed by atoms with Crippen molar-refractivity contribution in [2.75, 3.05) is 14.2 Å². The van der Waals surface area contributed by atoms with Crippen LogP contribution < -0.4 is 4.65 Å². The Kier molecular flexibility index (Phi) is 8.52. The van der Waals surface area contributed by atoms with E-state index < -0.39 is 19.3 Å². The first kappa shape index (κ1) is 29.6. The molecule has 8 nitrogen and oxygen atoms in total. The van der Waals surface area contributed by atoms with Crippen molar-refractivity contribution in [1.82, 2.24) is 4.90 Å². The van der Waals surface area contributed by atoms with Gasteiger partial charge in [-0.05, 0) is 77.2 Å². The van der Waals surface area contributed by atoms with Crippen molar-refractivity contribution in [2.45, 2.75) is 37.5 Å². The lowest BCUT2D eigenvalue weighted by Crippen LogP contribution is -2.53. The Morgan fingerprint density at radius 1 is 0.818 bits per heavy atom. The van der Waals surface area contributed by atoms with E-state index in [9.17, 15) is 9.59 Å². The van der Waals surface area contributed by atoms with E-state index in [1.54, 1.807) is 30.3 Å². The monoisotopic (exact) mass is 591 g/mol. The van der Waals surface area contributed by atoms with Crippen LogP contribution in [-0.4, -0.2) is 66.6 Å². The number of ether oxygens (including phenoxy) is 2. The van der Waals surface area contributed by atoms with Crippen LogP contribution in [0.25, 0.3) is 32.3 Å². The minimum absolute atomic E-state index is 0.0970. The fraction of sp³-hybridized carbons (Fsp3) is 0.257. The van der Waals surface area contributed by atoms with E-state index in [1.807, 2.05) is 43.4 Å². The average molecular weight is 591 g/mol. The standard InChI is InChI=1S/C18H13BO3.C17H21NO4/c20-19(21)22-17-7-3-6-12-8-9-15-10-13-4-1-2-5-14(13)11-16(15)18(12)17;1-18-12-8-9-13(18)15(17(20)21-2)14(10-12)22-16(19)11-6-4-3-5-7-11/h1-11,20-21H;3-7,12-15H,8-10H2,1-2H3/t;12-,13+,14-,15+/m.0/s1. The van der Waals surface area contributed by atoms with E-state index in [-0.39, 0.29) is 18.0 Å². The molecule has 0 spiro atoms. The van der Waals surface area contributed by atoms with Gasteiger partial charge in [0, 0.05) is 23.9 Å². The number of nitrogens with zero attached hydrogens (tertiary/aromatic N) is 1. The molecule has 5 aromatic carbocycles. The molecule has 0 aliphatic carbocycles. The number of carbonyl (C=O) groups excluding carboxylic acids is 2. The molecule has 4 atom stereocenters. The molecule has 5 aromatic rings. The van der Waals surface area contributed by atoms with Crippen LogP contribution in [-0.2, 0) is 14.3 Å². The van der Waals surface area contributed by atoms with E-state index in [0.717, 1.165) is 39.8 Å². The molecular formula is C35H34BNO7. The van der Waals surface area contributed by atoms with E-state index in [2.05, 4.69) is 35.2 Å². The van der Waals surface area contributed by atoms with Crippen LogP contribution in [0.4, 0.5) is 0 Å². The van der Waals surface area contributed by atoms with Crippen LogP contribution in [0.1, 0.15) is 29.6 Å². The zero-order chi connectivity index (χ0) is 30.8. The van der Waals surface area contributed by atoms with Crippen molar-refractivity contribution in [3.63, 3.8) is 0 Å². The number of carbonyl (C=O) groups is 2. The molecule has 2 heterocycles. The van der Waals surface area contributed by atoms with Crippen LogP contribution in [0.3, 0.4) is 0 Å². The molecule has 2 N–H and O–H groups in total. The normalized spacial score (nSPS) is 21.0. The number of fused-ring (bicyclic) bond motifs is 6. The van der Waals surface area contributed by atoms with Gasteiger partial charge < -0.3 is 24.2 Å². The summed E-state index contributed by atoms with van der Waals surface area (Å²) in [7, 11) is 1.59. The Labute approximate surface area is 255 Å². The summed E-state index contributed by atoms with van der Waals surface area (Å²) in [6.07, 6.45) is 2.26. The summed E-state index contributed by atoms with van der Waals surface area (Å²) < 4.78 is 15.8. The van der Waals surface area contributed by atoms with Crippen molar-refractivity contribution in [2.24, 2.45) is 5.92 Å². The van der Waals surface area contributed by atoms with Crippen molar-refractivity contribution in [3.8, 4) is 5.75 Å². The highest BCUT2D eigenvalue weighted by Crippen LogP contribution is 2.40. The number of benzene rings is 5. The molecule has 0 saturated carbocycles. The molecule has 0 unspecified atom stereocenters. The number of hydrogen-bond acceptors (Lipinski definition) is 8. The smallest absolute Gasteiger partial charge is 0.511 e. The van der Waals surface area contributed by atoms with E-state index in [1.165, 1.54) is 12.5 Å². The molecule has 224 valence electrons. The Hall–Kier alpha value is -4.44. The summed E-state index contributed by atoms with van der Waals surface area (Å²) in [5.74, 6) is -0.596. The third-order valence-corrected chi connectivity index (χ3v) is 8.88. The Balaban J connectivity index is 0.000000156. The highest BCUT2D eigenvalue weighted by Gasteiger charge is 2.51. The zero-order valence-corrected chi connectivity index (χ0v) is 24.6. The van der Waals surface area contributed by atoms with Crippen LogP contribution in [0.2, 0.25) is 0 Å². The first-order chi connectivity index (χ1) is 21.3. The minimum Gasteiger partial charge on any atom is -0.511 e. The molecule has 2 fully saturated rings. The molecular weight excluding hydrogens is 557 g/mol. The van der Waals surface area contributed by atoms with Crippen molar-refractivity contribution >= 4 is 51.6 Å². The average Bonchev–Trinajstić information content (AvgIpc) is 3.27. The summed E-state index contributed by atoms with van der Waals surface area (Å²) in [5, 5.41) is 24.6. The Morgan fingerprint density at radius 2 is 1.50 bits per heavy atom. The lowest BCUT2D eigenvalue weighted by Gasteiger charge is -2.40. The lowest BCUT2D eigenvalue weighted by atomic mass is 9.87. The zero-order valence-electron chi connectivity index (χ0n) is 24.6. The summed E-state index contributed by atoms with van der Waals surface area (Å²) >= 11 is 0. The van der Waals surface area contributed by atoms with Crippen molar-refractivity contribution in [3.05, 3.63) is 103 Å². The highest BCUT2D eigenvalue weighted by molar-refractivity contribution is 6.34. The van der Waals surface area contributed by atoms with Crippen molar-refractivity contribution < 1.29 is 33.8 Å². The SMILES string of the molecule is COC(=O)[C@H]1[C@@H](OC(=O)c2ccccc2)C[C@@H]2CC[C@H]1N2C.OB(O)Oc1cccc2ccc3cc4ccccc4cc3c12. The van der Waals surface area contributed by atoms with Crippen LogP contribution in [0.15, 0.2) is 97.1 Å². The molecule has 2 saturated heterocycles. The fourth-order valence-corrected chi connectivity index (χ4v) is 6.75. The second-order valence-electron chi connectivity index (χ2n) is 11.3. The van der Waals surface area contributed by atoms with Gasteiger partial charge in [0.2, 0.25) is 0 Å². The third kappa shape index (κ3) is 5.86. The first-order valence-electron chi connectivity index (χ1n) is 14.8. The largest absolute Gasteiger partial charge is 0.707 e. The van der Waals surface area contributed by atoms with Gasteiger partial charge >= 0.3 is 19.3 Å². The van der Waals surface area contributed by atoms with Gasteiger partial charge in [-0.15, -0.1) is 0 Å². The highest BCUT2D eigenvalue weighted by atomic mass is 16.6. The maximum Gasteiger partial charge on any atom is 0.707 e. The number of esters is 2. The Bertz CT molecular complexity index is 1810. The third-order valence-electron chi connectivity index (χ3n) is 8.88. The number of rotatable bonds is 5. The lowest BCUT2D eigenvalue weighted by molar-refractivity contribution is -0.156. The summed E-state index contributed by atoms with van der Waals surface area (Å²) in [6.45, 7) is 0. The quantitative estimate of drug-likeness (QED) is 0.122. The van der Waals surface area contributed by atoms with Gasteiger partial charge in [-0.3, -0.25) is 9.69 Å². The topological polar surface area (TPSA) is 106 Å². The first-order valence-corrected chi connectivity index (χ1v) is 14.8. The molecule has 0 amide bonds. The van der Waals surface area contributed by atoms with Gasteiger partial charge in [-0.25, -0.2) is 4.79 Å². The fourth-order valence-electron chi connectivity index (χ4n) is 6.75. The van der Waals surface area contributed by atoms with E-state index >= 15 is 0 Å². The second-order valence-corrected chi connectivity index (χ2v) is 11.3. The summed E-state index contributed by atoms with van der Waals surface area (Å²) in [4.78, 5) is 26.7. The van der Waals surface area contributed by atoms with E-state index in [0.29, 0.717) is 23.8 Å². The number of piperidine rings is 1. The van der Waals surface area contributed by atoms with Crippen molar-refractivity contribution in [1.29, 1.82) is 0 Å². The summed E-state index contributed by atoms with van der Waals surface area (Å²) in [6, 6.07) is 31.5. The van der Waals surface area contributed by atoms with Crippen LogP contribution >= 0.6 is 0 Å². The molecule has 9 heteroatoms. The van der Waals surface area contributed by atoms with E-state index in [4.69, 9.17) is 24.2 Å². The molecule has 0 aromatic heterocycles. The Morgan fingerprint density at radius 3 is 2.23 bits per heavy atom. The van der Waals surface area contributed by atoms with Gasteiger partial charge in [-0.1, -0.05) is 66.7 Å². The summed E-state index contributed by atoms with van der Waals surface area (Å²) in [5.41, 5.74) is 0.511. The van der Waals surface area contributed by atoms with Gasteiger partial charge in [-0.2, -0.15) is 0 Å². The predicted octanol–water partition coefficient (Wildman–Crippen LogP) is 5.36. The molecule has 2 bridgehead atoms. The molecule has 2 aliphatic rings. The number of methoxy groups -OCH3 is 1.